The molecule has 0 spiro atoms. The van der Waals surface area contributed by atoms with Crippen LogP contribution < -0.4 is 0 Å². The largest absolute Gasteiger partial charge is 0.462 e. The minimum absolute atomic E-state index is 0.0158. The first-order valence-electron chi connectivity index (χ1n) is 14.2. The van der Waals surface area contributed by atoms with Crippen molar-refractivity contribution < 1.29 is 44.6 Å². The summed E-state index contributed by atoms with van der Waals surface area (Å²) >= 11 is 0. The molecule has 40 heavy (non-hydrogen) atoms. The Morgan fingerprint density at radius 2 is 1.25 bits per heavy atom. The Bertz CT molecular complexity index is 937. The van der Waals surface area contributed by atoms with E-state index in [0.717, 1.165) is 0 Å². The number of ether oxygens (including phenoxy) is 2. The van der Waals surface area contributed by atoms with Gasteiger partial charge in [0.05, 0.1) is 36.4 Å². The molecule has 9 heteroatoms. The van der Waals surface area contributed by atoms with Gasteiger partial charge in [-0.2, -0.15) is 0 Å². The smallest absolute Gasteiger partial charge is 0.314 e. The first-order chi connectivity index (χ1) is 19.0. The monoisotopic (exact) mass is 562 g/mol. The van der Waals surface area contributed by atoms with Crippen LogP contribution in [0.1, 0.15) is 59.3 Å². The Morgan fingerprint density at radius 1 is 0.650 bits per heavy atom. The summed E-state index contributed by atoms with van der Waals surface area (Å²) in [4.78, 5) is 25.0. The lowest BCUT2D eigenvalue weighted by molar-refractivity contribution is -0.176. The second-order valence-corrected chi connectivity index (χ2v) is 10.9. The fourth-order valence-corrected chi connectivity index (χ4v) is 4.63. The molecule has 2 bridgehead atoms. The third kappa shape index (κ3) is 11.5. The number of allylic oxidation sites excluding steroid dienone is 8. The van der Waals surface area contributed by atoms with Gasteiger partial charge in [-0.3, -0.25) is 9.59 Å². The molecule has 0 aromatic heterocycles. The molecule has 5 N–H and O–H groups in total. The molecule has 224 valence electrons. The molecule has 9 nitrogen and oxygen atoms in total. The van der Waals surface area contributed by atoms with Crippen molar-refractivity contribution in [2.24, 2.45) is 17.8 Å². The van der Waals surface area contributed by atoms with Gasteiger partial charge < -0.3 is 35.0 Å². The number of esters is 2. The molecule has 1 saturated heterocycles. The molecule has 3 aliphatic heterocycles. The van der Waals surface area contributed by atoms with E-state index >= 15 is 0 Å². The van der Waals surface area contributed by atoms with Gasteiger partial charge in [-0.25, -0.2) is 0 Å². The molecule has 0 unspecified atom stereocenters. The Hall–Kier alpha value is -2.56. The SMILES string of the molecule is C[C@H]1\C=C/C=C\C=C/C=C\C=C[C@@H](O)[C@@H]2C(=O)O[C@H](CCC[C@H](O)C[C@H](O)C[C@H](O)[C@@H](C)C(=O)O[C@@H]1C)C[C@H]2O. The average Bonchev–Trinajstić information content (AvgIpc) is 2.87. The standard InChI is InChI=1S/C31H46O9/c1-20-13-10-8-6-4-5-7-9-11-16-26(34)29-28(36)19-25(40-31(29)38)15-12-14-23(32)17-24(33)18-27(35)21(2)30(37)39-22(20)3/h4-11,13,16,20-29,32-36H,12,14-15,17-19H2,1-3H3/b5-4-,8-6-,9-7-,13-10-,16-11?/t20-,21+,22+,23-,24-,25+,26+,27-,28+,29-/m0/s1. The second kappa shape index (κ2) is 17.3. The normalized spacial score (nSPS) is 41.1. The minimum Gasteiger partial charge on any atom is -0.462 e. The molecule has 3 heterocycles. The van der Waals surface area contributed by atoms with Gasteiger partial charge in [0.25, 0.3) is 0 Å². The number of hydrogen-bond acceptors (Lipinski definition) is 9. The quantitative estimate of drug-likeness (QED) is 0.280. The van der Waals surface area contributed by atoms with Crippen LogP contribution in [-0.4, -0.2) is 80.2 Å². The number of carbonyl (C=O) groups is 2. The van der Waals surface area contributed by atoms with E-state index in [1.807, 2.05) is 37.3 Å². The highest BCUT2D eigenvalue weighted by Gasteiger charge is 2.40. The van der Waals surface area contributed by atoms with Gasteiger partial charge in [-0.05, 0) is 39.5 Å². The van der Waals surface area contributed by atoms with E-state index in [0.29, 0.717) is 19.3 Å². The summed E-state index contributed by atoms with van der Waals surface area (Å²) in [5.41, 5.74) is 0. The molecule has 0 radical (unpaired) electrons. The van der Waals surface area contributed by atoms with E-state index in [1.54, 1.807) is 38.2 Å². The van der Waals surface area contributed by atoms with Crippen molar-refractivity contribution in [3.8, 4) is 0 Å². The lowest BCUT2D eigenvalue weighted by Crippen LogP contribution is -2.46. The number of aliphatic hydroxyl groups is 5. The van der Waals surface area contributed by atoms with Gasteiger partial charge in [0, 0.05) is 18.8 Å². The van der Waals surface area contributed by atoms with Crippen molar-refractivity contribution in [1.29, 1.82) is 0 Å². The van der Waals surface area contributed by atoms with E-state index < -0.39 is 66.5 Å². The molecule has 3 aliphatic rings. The topological polar surface area (TPSA) is 154 Å². The molecule has 0 saturated carbocycles. The van der Waals surface area contributed by atoms with Crippen molar-refractivity contribution in [3.05, 3.63) is 60.8 Å². The van der Waals surface area contributed by atoms with Crippen molar-refractivity contribution in [3.63, 3.8) is 0 Å². The first kappa shape index (κ1) is 33.6. The Morgan fingerprint density at radius 3 is 1.88 bits per heavy atom. The van der Waals surface area contributed by atoms with E-state index in [-0.39, 0.29) is 25.2 Å². The highest BCUT2D eigenvalue weighted by Crippen LogP contribution is 2.28. The molecule has 0 aromatic carbocycles. The van der Waals surface area contributed by atoms with Crippen LogP contribution in [0.4, 0.5) is 0 Å². The molecule has 10 atom stereocenters. The maximum absolute atomic E-state index is 12.5. The molecular weight excluding hydrogens is 516 g/mol. The van der Waals surface area contributed by atoms with Crippen molar-refractivity contribution in [1.82, 2.24) is 0 Å². The summed E-state index contributed by atoms with van der Waals surface area (Å²) in [7, 11) is 0. The van der Waals surface area contributed by atoms with Gasteiger partial charge in [0.1, 0.15) is 18.1 Å². The third-order valence-electron chi connectivity index (χ3n) is 7.46. The predicted molar refractivity (Wildman–Crippen MR) is 151 cm³/mol. The van der Waals surface area contributed by atoms with E-state index in [9.17, 15) is 35.1 Å². The highest BCUT2D eigenvalue weighted by atomic mass is 16.6. The molecule has 3 rings (SSSR count). The van der Waals surface area contributed by atoms with Crippen LogP contribution in [0.2, 0.25) is 0 Å². The predicted octanol–water partition coefficient (Wildman–Crippen LogP) is 2.67. The summed E-state index contributed by atoms with van der Waals surface area (Å²) in [6, 6.07) is 0. The van der Waals surface area contributed by atoms with Gasteiger partial charge in [-0.15, -0.1) is 0 Å². The zero-order valence-corrected chi connectivity index (χ0v) is 23.7. The van der Waals surface area contributed by atoms with Gasteiger partial charge in [0.15, 0.2) is 0 Å². The summed E-state index contributed by atoms with van der Waals surface area (Å²) in [5.74, 6) is -3.22. The maximum Gasteiger partial charge on any atom is 0.314 e. The molecule has 1 fully saturated rings. The Labute approximate surface area is 237 Å². The van der Waals surface area contributed by atoms with Gasteiger partial charge >= 0.3 is 11.9 Å². The summed E-state index contributed by atoms with van der Waals surface area (Å²) in [5, 5.41) is 52.1. The van der Waals surface area contributed by atoms with Crippen LogP contribution >= 0.6 is 0 Å². The maximum atomic E-state index is 12.5. The fraction of sp³-hybridized carbons (Fsp3) is 0.613. The molecular formula is C31H46O9. The van der Waals surface area contributed by atoms with E-state index in [2.05, 4.69) is 0 Å². The third-order valence-corrected chi connectivity index (χ3v) is 7.46. The van der Waals surface area contributed by atoms with Crippen LogP contribution in [0.25, 0.3) is 0 Å². The summed E-state index contributed by atoms with van der Waals surface area (Å²) in [6.07, 6.45) is 12.6. The summed E-state index contributed by atoms with van der Waals surface area (Å²) < 4.78 is 11.0. The van der Waals surface area contributed by atoms with Crippen molar-refractivity contribution in [2.45, 2.75) is 102 Å². The molecule has 0 amide bonds. The first-order valence-corrected chi connectivity index (χ1v) is 14.2. The van der Waals surface area contributed by atoms with Gasteiger partial charge in [-0.1, -0.05) is 67.7 Å². The fourth-order valence-electron chi connectivity index (χ4n) is 4.63. The number of rotatable bonds is 0. The Kier molecular flexibility index (Phi) is 14.5. The highest BCUT2D eigenvalue weighted by molar-refractivity contribution is 5.75. The van der Waals surface area contributed by atoms with Crippen LogP contribution in [-0.2, 0) is 19.1 Å². The van der Waals surface area contributed by atoms with Crippen LogP contribution in [0.5, 0.6) is 0 Å². The van der Waals surface area contributed by atoms with Crippen LogP contribution in [0.15, 0.2) is 60.8 Å². The number of carbonyl (C=O) groups excluding carboxylic acids is 2. The lowest BCUT2D eigenvalue weighted by Gasteiger charge is -2.34. The molecule has 0 aliphatic carbocycles. The van der Waals surface area contributed by atoms with E-state index in [1.165, 1.54) is 6.08 Å². The van der Waals surface area contributed by atoms with Crippen molar-refractivity contribution in [2.75, 3.05) is 0 Å². The van der Waals surface area contributed by atoms with Gasteiger partial charge in [0.2, 0.25) is 0 Å². The number of hydrogen-bond donors (Lipinski definition) is 5. The van der Waals surface area contributed by atoms with Crippen molar-refractivity contribution >= 4 is 11.9 Å². The molecule has 0 aromatic rings. The zero-order chi connectivity index (χ0) is 29.7. The average molecular weight is 563 g/mol. The van der Waals surface area contributed by atoms with Crippen LogP contribution in [0.3, 0.4) is 0 Å². The Balaban J connectivity index is 2.09. The zero-order valence-electron chi connectivity index (χ0n) is 23.7. The minimum atomic E-state index is -1.20. The number of fused-ring (bicyclic) bond motifs is 20. The number of aliphatic hydroxyl groups excluding tert-OH is 5. The second-order valence-electron chi connectivity index (χ2n) is 10.9. The van der Waals surface area contributed by atoms with E-state index in [4.69, 9.17) is 9.47 Å². The lowest BCUT2D eigenvalue weighted by atomic mass is 9.87. The summed E-state index contributed by atoms with van der Waals surface area (Å²) in [6.45, 7) is 5.24. The van der Waals surface area contributed by atoms with Crippen LogP contribution in [0, 0.1) is 17.8 Å².